The number of hydrogen-bond donors (Lipinski definition) is 1. The van der Waals surface area contributed by atoms with E-state index in [1.54, 1.807) is 0 Å². The van der Waals surface area contributed by atoms with E-state index in [4.69, 9.17) is 0 Å². The molecule has 1 aromatic rings. The first-order valence-electron chi connectivity index (χ1n) is 6.03. The van der Waals surface area contributed by atoms with E-state index in [0.29, 0.717) is 6.42 Å². The average molecular weight is 254 g/mol. The van der Waals surface area contributed by atoms with Crippen LogP contribution in [0.5, 0.6) is 0 Å². The number of pyridine rings is 1. The number of aliphatic hydroxyl groups is 1. The molecule has 17 heavy (non-hydrogen) atoms. The second-order valence-corrected chi connectivity index (χ2v) is 5.12. The highest BCUT2D eigenvalue weighted by Crippen LogP contribution is 2.17. The number of nitrogens with zero attached hydrogens (tertiary/aromatic N) is 2. The molecule has 1 unspecified atom stereocenters. The van der Waals surface area contributed by atoms with E-state index < -0.39 is 6.10 Å². The number of aliphatic hydroxyl groups excluding tert-OH is 1. The summed E-state index contributed by atoms with van der Waals surface area (Å²) in [6, 6.07) is 3.94. The van der Waals surface area contributed by atoms with E-state index >= 15 is 0 Å². The molecule has 1 N–H and O–H groups in total. The zero-order valence-electron chi connectivity index (χ0n) is 10.9. The Morgan fingerprint density at radius 2 is 2.24 bits per heavy atom. The summed E-state index contributed by atoms with van der Waals surface area (Å²) in [6.07, 6.45) is 5.41. The third-order valence-electron chi connectivity index (χ3n) is 2.78. The molecule has 1 aromatic heterocycles. The lowest BCUT2D eigenvalue weighted by molar-refractivity contribution is 0.169. The minimum atomic E-state index is -0.439. The van der Waals surface area contributed by atoms with Crippen LogP contribution in [-0.4, -0.2) is 35.7 Å². The molecule has 0 saturated carbocycles. The van der Waals surface area contributed by atoms with E-state index in [1.165, 1.54) is 12.2 Å². The summed E-state index contributed by atoms with van der Waals surface area (Å²) in [7, 11) is 2.08. The Hall–Kier alpha value is -0.740. The monoisotopic (exact) mass is 254 g/mol. The summed E-state index contributed by atoms with van der Waals surface area (Å²) in [4.78, 5) is 6.50. The SMILES string of the molecule is CCC(O)c1ccc(N(C)CCCSC)cn1. The zero-order chi connectivity index (χ0) is 12.7. The molecule has 0 aliphatic heterocycles. The quantitative estimate of drug-likeness (QED) is 0.759. The van der Waals surface area contributed by atoms with Crippen LogP contribution in [0, 0.1) is 0 Å². The Balaban J connectivity index is 2.54. The van der Waals surface area contributed by atoms with Gasteiger partial charge < -0.3 is 10.0 Å². The number of rotatable bonds is 7. The van der Waals surface area contributed by atoms with Crippen LogP contribution < -0.4 is 4.90 Å². The first kappa shape index (κ1) is 14.3. The maximum Gasteiger partial charge on any atom is 0.0957 e. The van der Waals surface area contributed by atoms with Gasteiger partial charge in [-0.2, -0.15) is 11.8 Å². The van der Waals surface area contributed by atoms with Crippen molar-refractivity contribution in [1.82, 2.24) is 4.98 Å². The van der Waals surface area contributed by atoms with Gasteiger partial charge in [0.2, 0.25) is 0 Å². The minimum absolute atomic E-state index is 0.439. The predicted molar refractivity (Wildman–Crippen MR) is 75.8 cm³/mol. The number of aromatic nitrogens is 1. The second-order valence-electron chi connectivity index (χ2n) is 4.13. The first-order chi connectivity index (χ1) is 8.19. The van der Waals surface area contributed by atoms with Crippen LogP contribution in [0.15, 0.2) is 18.3 Å². The van der Waals surface area contributed by atoms with Crippen LogP contribution in [0.3, 0.4) is 0 Å². The fourth-order valence-electron chi connectivity index (χ4n) is 1.60. The molecule has 0 radical (unpaired) electrons. The number of thioether (sulfide) groups is 1. The van der Waals surface area contributed by atoms with Gasteiger partial charge in [0.1, 0.15) is 0 Å². The van der Waals surface area contributed by atoms with Crippen molar-refractivity contribution >= 4 is 17.4 Å². The Morgan fingerprint density at radius 1 is 1.47 bits per heavy atom. The highest BCUT2D eigenvalue weighted by molar-refractivity contribution is 7.98. The first-order valence-corrected chi connectivity index (χ1v) is 7.42. The fraction of sp³-hybridized carbons (Fsp3) is 0.615. The number of hydrogen-bond acceptors (Lipinski definition) is 4. The predicted octanol–water partition coefficient (Wildman–Crippen LogP) is 2.71. The van der Waals surface area contributed by atoms with Crippen molar-refractivity contribution in [1.29, 1.82) is 0 Å². The van der Waals surface area contributed by atoms with Crippen LogP contribution in [0.2, 0.25) is 0 Å². The third-order valence-corrected chi connectivity index (χ3v) is 3.48. The highest BCUT2D eigenvalue weighted by Gasteiger charge is 2.07. The highest BCUT2D eigenvalue weighted by atomic mass is 32.2. The van der Waals surface area contributed by atoms with Crippen molar-refractivity contribution in [2.24, 2.45) is 0 Å². The van der Waals surface area contributed by atoms with Gasteiger partial charge in [-0.3, -0.25) is 4.98 Å². The summed E-state index contributed by atoms with van der Waals surface area (Å²) >= 11 is 1.87. The normalized spacial score (nSPS) is 12.5. The van der Waals surface area contributed by atoms with Gasteiger partial charge in [0.15, 0.2) is 0 Å². The molecule has 0 aliphatic rings. The van der Waals surface area contributed by atoms with E-state index in [9.17, 15) is 5.11 Å². The van der Waals surface area contributed by atoms with Crippen molar-refractivity contribution in [2.75, 3.05) is 30.5 Å². The van der Waals surface area contributed by atoms with Crippen LogP contribution >= 0.6 is 11.8 Å². The molecule has 0 saturated heterocycles. The van der Waals surface area contributed by atoms with E-state index in [-0.39, 0.29) is 0 Å². The minimum Gasteiger partial charge on any atom is -0.387 e. The molecule has 1 rings (SSSR count). The molecular formula is C13H22N2OS. The smallest absolute Gasteiger partial charge is 0.0957 e. The van der Waals surface area contributed by atoms with Crippen LogP contribution in [0.25, 0.3) is 0 Å². The van der Waals surface area contributed by atoms with Crippen molar-refractivity contribution in [2.45, 2.75) is 25.9 Å². The Labute approximate surface area is 108 Å². The van der Waals surface area contributed by atoms with Crippen molar-refractivity contribution < 1.29 is 5.11 Å². The summed E-state index contributed by atoms with van der Waals surface area (Å²) in [5, 5.41) is 9.65. The Morgan fingerprint density at radius 3 is 2.76 bits per heavy atom. The maximum absolute atomic E-state index is 9.65. The molecule has 3 nitrogen and oxygen atoms in total. The van der Waals surface area contributed by atoms with Crippen molar-refractivity contribution in [3.8, 4) is 0 Å². The topological polar surface area (TPSA) is 36.4 Å². The van der Waals surface area contributed by atoms with Crippen LogP contribution in [0.4, 0.5) is 5.69 Å². The maximum atomic E-state index is 9.65. The van der Waals surface area contributed by atoms with E-state index in [0.717, 1.165) is 17.9 Å². The van der Waals surface area contributed by atoms with Crippen molar-refractivity contribution in [3.05, 3.63) is 24.0 Å². The fourth-order valence-corrected chi connectivity index (χ4v) is 2.02. The van der Waals surface area contributed by atoms with Gasteiger partial charge in [-0.25, -0.2) is 0 Å². The van der Waals surface area contributed by atoms with Crippen LogP contribution in [0.1, 0.15) is 31.6 Å². The van der Waals surface area contributed by atoms with Gasteiger partial charge >= 0.3 is 0 Å². The molecule has 1 heterocycles. The molecule has 0 aromatic carbocycles. The van der Waals surface area contributed by atoms with Gasteiger partial charge in [-0.1, -0.05) is 6.92 Å². The largest absolute Gasteiger partial charge is 0.387 e. The summed E-state index contributed by atoms with van der Waals surface area (Å²) < 4.78 is 0. The lowest BCUT2D eigenvalue weighted by Gasteiger charge is -2.19. The lowest BCUT2D eigenvalue weighted by atomic mass is 10.2. The van der Waals surface area contributed by atoms with Gasteiger partial charge in [-0.05, 0) is 37.0 Å². The molecule has 96 valence electrons. The Bertz CT molecular complexity index is 316. The molecule has 0 amide bonds. The summed E-state index contributed by atoms with van der Waals surface area (Å²) in [6.45, 7) is 2.99. The van der Waals surface area contributed by atoms with E-state index in [2.05, 4.69) is 23.2 Å². The van der Waals surface area contributed by atoms with Crippen molar-refractivity contribution in [3.63, 3.8) is 0 Å². The molecule has 0 spiro atoms. The number of anilines is 1. The van der Waals surface area contributed by atoms with Gasteiger partial charge in [-0.15, -0.1) is 0 Å². The van der Waals surface area contributed by atoms with Gasteiger partial charge in [0, 0.05) is 13.6 Å². The molecular weight excluding hydrogens is 232 g/mol. The van der Waals surface area contributed by atoms with Gasteiger partial charge in [0.25, 0.3) is 0 Å². The molecule has 0 bridgehead atoms. The summed E-state index contributed by atoms with van der Waals surface area (Å²) in [5.41, 5.74) is 1.87. The molecule has 0 fully saturated rings. The van der Waals surface area contributed by atoms with E-state index in [1.807, 2.05) is 37.0 Å². The second kappa shape index (κ2) is 7.56. The van der Waals surface area contributed by atoms with Crippen LogP contribution in [-0.2, 0) is 0 Å². The lowest BCUT2D eigenvalue weighted by Crippen LogP contribution is -2.19. The molecule has 1 atom stereocenters. The summed E-state index contributed by atoms with van der Waals surface area (Å²) in [5.74, 6) is 1.18. The standard InChI is InChI=1S/C13H22N2OS/c1-4-13(16)12-7-6-11(10-14-12)15(2)8-5-9-17-3/h6-7,10,13,16H,4-5,8-9H2,1-3H3. The Kier molecular flexibility index (Phi) is 6.37. The zero-order valence-corrected chi connectivity index (χ0v) is 11.7. The third kappa shape index (κ3) is 4.56. The average Bonchev–Trinajstić information content (AvgIpc) is 2.38. The molecule has 0 aliphatic carbocycles. The molecule has 4 heteroatoms. The van der Waals surface area contributed by atoms with Gasteiger partial charge in [0.05, 0.1) is 23.7 Å².